The number of hydrogen-bond donors (Lipinski definition) is 0. The highest BCUT2D eigenvalue weighted by molar-refractivity contribution is 5.83. The standard InChI is InChI=1S/C33H41F3O5/c1-4-5-6-7-8-9-10-11-12-13-14-15-16-17-18-22-25-29(26-27-30(37)39-2)41-31(38)32(40-3,33(34,35)36)28-23-20-19-21-24-28/h5-6,8-9,11-12,14-15,17-25,29H,4,7,10,13,16,26-27H2,1-3H3/b6-5-,9-8-,12-11-,15-14-,18-17-,25-22+/t29-,32?/m0/s1. The maximum atomic E-state index is 14.2. The molecule has 0 saturated heterocycles. The van der Waals surface area contributed by atoms with Crippen molar-refractivity contribution >= 4 is 11.9 Å². The first kappa shape index (κ1) is 35.4. The lowest BCUT2D eigenvalue weighted by Crippen LogP contribution is -2.52. The van der Waals surface area contributed by atoms with Crippen LogP contribution in [0.4, 0.5) is 13.2 Å². The first-order chi connectivity index (χ1) is 19.7. The van der Waals surface area contributed by atoms with Crippen LogP contribution in [0.3, 0.4) is 0 Å². The molecule has 0 aliphatic heterocycles. The molecule has 8 heteroatoms. The molecule has 0 heterocycles. The van der Waals surface area contributed by atoms with E-state index in [1.807, 2.05) is 18.2 Å². The highest BCUT2D eigenvalue weighted by Gasteiger charge is 2.64. The van der Waals surface area contributed by atoms with Crippen LogP contribution in [0.1, 0.15) is 57.4 Å². The second-order valence-electron chi connectivity index (χ2n) is 8.86. The molecule has 1 unspecified atom stereocenters. The summed E-state index contributed by atoms with van der Waals surface area (Å²) in [5.74, 6) is -2.20. The van der Waals surface area contributed by atoms with E-state index in [4.69, 9.17) is 9.47 Å². The lowest BCUT2D eigenvalue weighted by molar-refractivity contribution is -0.277. The van der Waals surface area contributed by atoms with Crippen LogP contribution >= 0.6 is 0 Å². The van der Waals surface area contributed by atoms with Gasteiger partial charge < -0.3 is 14.2 Å². The summed E-state index contributed by atoms with van der Waals surface area (Å²) in [6.07, 6.45) is 21.2. The molecule has 1 aromatic rings. The van der Waals surface area contributed by atoms with Crippen molar-refractivity contribution in [2.24, 2.45) is 0 Å². The van der Waals surface area contributed by atoms with Crippen LogP contribution < -0.4 is 0 Å². The van der Waals surface area contributed by atoms with Gasteiger partial charge in [0.05, 0.1) is 7.11 Å². The van der Waals surface area contributed by atoms with Crippen LogP contribution in [-0.2, 0) is 29.4 Å². The quantitative estimate of drug-likeness (QED) is 0.100. The second kappa shape index (κ2) is 20.3. The molecule has 0 radical (unpaired) electrons. The molecule has 5 nitrogen and oxygen atoms in total. The van der Waals surface area contributed by atoms with Crippen molar-refractivity contribution in [1.29, 1.82) is 0 Å². The summed E-state index contributed by atoms with van der Waals surface area (Å²) < 4.78 is 57.2. The maximum absolute atomic E-state index is 14.2. The molecule has 41 heavy (non-hydrogen) atoms. The third-order valence-corrected chi connectivity index (χ3v) is 5.86. The van der Waals surface area contributed by atoms with Crippen LogP contribution in [0, 0.1) is 0 Å². The van der Waals surface area contributed by atoms with Crippen molar-refractivity contribution in [2.45, 2.75) is 69.8 Å². The fourth-order valence-electron chi connectivity index (χ4n) is 3.66. The number of alkyl halides is 3. The predicted molar refractivity (Wildman–Crippen MR) is 156 cm³/mol. The molecule has 0 fully saturated rings. The van der Waals surface area contributed by atoms with E-state index in [0.717, 1.165) is 44.9 Å². The Kier molecular flexibility index (Phi) is 17.5. The molecule has 1 rings (SSSR count). The largest absolute Gasteiger partial charge is 0.469 e. The second-order valence-corrected chi connectivity index (χ2v) is 8.86. The van der Waals surface area contributed by atoms with E-state index in [0.29, 0.717) is 6.42 Å². The zero-order valence-electron chi connectivity index (χ0n) is 24.0. The monoisotopic (exact) mass is 574 g/mol. The minimum atomic E-state index is -5.10. The fraction of sp³-hybridized carbons (Fsp3) is 0.394. The van der Waals surface area contributed by atoms with E-state index in [2.05, 4.69) is 48.1 Å². The molecule has 0 aliphatic rings. The third kappa shape index (κ3) is 13.0. The first-order valence-electron chi connectivity index (χ1n) is 13.6. The van der Waals surface area contributed by atoms with Crippen molar-refractivity contribution in [2.75, 3.05) is 14.2 Å². The summed E-state index contributed by atoms with van der Waals surface area (Å²) in [4.78, 5) is 24.6. The number of ether oxygens (including phenoxy) is 3. The van der Waals surface area contributed by atoms with Gasteiger partial charge in [-0.2, -0.15) is 13.2 Å². The van der Waals surface area contributed by atoms with Gasteiger partial charge in [0.25, 0.3) is 5.60 Å². The summed E-state index contributed by atoms with van der Waals surface area (Å²) in [5.41, 5.74) is -3.73. The molecule has 0 aromatic heterocycles. The normalized spacial score (nSPS) is 15.1. The van der Waals surface area contributed by atoms with Gasteiger partial charge in [-0.1, -0.05) is 104 Å². The molecule has 0 bridgehead atoms. The Hall–Kier alpha value is -3.65. The van der Waals surface area contributed by atoms with Crippen molar-refractivity contribution in [3.05, 3.63) is 109 Å². The Morgan fingerprint density at radius 3 is 1.83 bits per heavy atom. The van der Waals surface area contributed by atoms with Crippen molar-refractivity contribution in [1.82, 2.24) is 0 Å². The van der Waals surface area contributed by atoms with Crippen LogP contribution in [0.15, 0.2) is 103 Å². The van der Waals surface area contributed by atoms with Crippen LogP contribution in [0.25, 0.3) is 0 Å². The van der Waals surface area contributed by atoms with Gasteiger partial charge in [0.15, 0.2) is 0 Å². The van der Waals surface area contributed by atoms with Crippen LogP contribution in [0.2, 0.25) is 0 Å². The third-order valence-electron chi connectivity index (χ3n) is 5.86. The molecular formula is C33H41F3O5. The van der Waals surface area contributed by atoms with E-state index in [1.54, 1.807) is 12.2 Å². The molecule has 0 N–H and O–H groups in total. The molecule has 0 amide bonds. The number of rotatable bonds is 18. The molecule has 224 valence electrons. The molecule has 0 spiro atoms. The number of carbonyl (C=O) groups is 2. The van der Waals surface area contributed by atoms with E-state index < -0.39 is 35.4 Å². The van der Waals surface area contributed by atoms with E-state index in [-0.39, 0.29) is 12.8 Å². The Morgan fingerprint density at radius 2 is 1.34 bits per heavy atom. The minimum absolute atomic E-state index is 0.0634. The zero-order valence-corrected chi connectivity index (χ0v) is 24.0. The van der Waals surface area contributed by atoms with Crippen LogP contribution in [-0.4, -0.2) is 38.4 Å². The summed E-state index contributed by atoms with van der Waals surface area (Å²) in [6.45, 7) is 2.11. The SMILES string of the molecule is CC/C=C\C/C=C\C/C=C\C/C=C\C/C=C\C=C\[C@@H](CCC(=O)OC)OC(=O)C(OC)(c1ccccc1)C(F)(F)F. The van der Waals surface area contributed by atoms with Crippen molar-refractivity contribution in [3.63, 3.8) is 0 Å². The number of esters is 2. The Morgan fingerprint density at radius 1 is 0.805 bits per heavy atom. The van der Waals surface area contributed by atoms with Crippen LogP contribution in [0.5, 0.6) is 0 Å². The summed E-state index contributed by atoms with van der Waals surface area (Å²) in [6, 6.07) is 6.57. The van der Waals surface area contributed by atoms with Crippen molar-refractivity contribution in [3.8, 4) is 0 Å². The lowest BCUT2D eigenvalue weighted by atomic mass is 9.92. The highest BCUT2D eigenvalue weighted by Crippen LogP contribution is 2.43. The smallest absolute Gasteiger partial charge is 0.432 e. The molecule has 0 aliphatic carbocycles. The van der Waals surface area contributed by atoms with Crippen molar-refractivity contribution < 1.29 is 37.0 Å². The Balaban J connectivity index is 2.77. The number of carbonyl (C=O) groups excluding carboxylic acids is 2. The number of halogens is 3. The Labute approximate surface area is 241 Å². The summed E-state index contributed by atoms with van der Waals surface area (Å²) >= 11 is 0. The van der Waals surface area contributed by atoms with E-state index in [1.165, 1.54) is 31.4 Å². The summed E-state index contributed by atoms with van der Waals surface area (Å²) in [5, 5.41) is 0. The van der Waals surface area contributed by atoms with Gasteiger partial charge in [0, 0.05) is 19.1 Å². The van der Waals surface area contributed by atoms with Gasteiger partial charge in [-0.25, -0.2) is 4.79 Å². The fourth-order valence-corrected chi connectivity index (χ4v) is 3.66. The first-order valence-corrected chi connectivity index (χ1v) is 13.6. The van der Waals surface area contributed by atoms with E-state index in [9.17, 15) is 22.8 Å². The number of allylic oxidation sites excluding steroid dienone is 11. The molecule has 0 saturated carbocycles. The summed E-state index contributed by atoms with van der Waals surface area (Å²) in [7, 11) is 2.00. The Bertz CT molecular complexity index is 1070. The number of benzene rings is 1. The number of methoxy groups -OCH3 is 2. The minimum Gasteiger partial charge on any atom is -0.469 e. The molecule has 1 aromatic carbocycles. The molecule has 2 atom stereocenters. The topological polar surface area (TPSA) is 61.8 Å². The zero-order chi connectivity index (χ0) is 30.4. The van der Waals surface area contributed by atoms with Gasteiger partial charge in [-0.3, -0.25) is 4.79 Å². The van der Waals surface area contributed by atoms with Gasteiger partial charge >= 0.3 is 18.1 Å². The maximum Gasteiger partial charge on any atom is 0.432 e. The molecular weight excluding hydrogens is 533 g/mol. The lowest BCUT2D eigenvalue weighted by Gasteiger charge is -2.33. The average molecular weight is 575 g/mol. The van der Waals surface area contributed by atoms with Gasteiger partial charge in [-0.05, 0) is 44.6 Å². The van der Waals surface area contributed by atoms with E-state index >= 15 is 0 Å². The predicted octanol–water partition coefficient (Wildman–Crippen LogP) is 8.26. The van der Waals surface area contributed by atoms with Gasteiger partial charge in [0.1, 0.15) is 6.10 Å². The van der Waals surface area contributed by atoms with Gasteiger partial charge in [-0.15, -0.1) is 0 Å². The number of hydrogen-bond acceptors (Lipinski definition) is 5. The average Bonchev–Trinajstić information content (AvgIpc) is 2.95. The van der Waals surface area contributed by atoms with Gasteiger partial charge in [0.2, 0.25) is 0 Å². The highest BCUT2D eigenvalue weighted by atomic mass is 19.4.